The first-order valence-corrected chi connectivity index (χ1v) is 8.85. The highest BCUT2D eigenvalue weighted by atomic mass is 127. The molecule has 9 heteroatoms. The number of aromatic nitrogens is 2. The zero-order chi connectivity index (χ0) is 18.0. The number of H-pyrrole nitrogens is 1. The van der Waals surface area contributed by atoms with Gasteiger partial charge >= 0.3 is 5.69 Å². The Hall–Kier alpha value is -2.14. The lowest BCUT2D eigenvalue weighted by Crippen LogP contribution is -2.42. The maximum atomic E-state index is 12.1. The summed E-state index contributed by atoms with van der Waals surface area (Å²) in [6.07, 6.45) is 1.31. The molecule has 0 aliphatic carbocycles. The molecule has 2 aromatic rings. The topological polar surface area (TPSA) is 93.9 Å². The molecule has 3 rings (SSSR count). The Morgan fingerprint density at radius 1 is 1.16 bits per heavy atom. The van der Waals surface area contributed by atoms with Gasteiger partial charge in [0.25, 0.3) is 5.56 Å². The lowest BCUT2D eigenvalue weighted by Gasteiger charge is -2.30. The molecule has 0 unspecified atom stereocenters. The Balaban J connectivity index is 1.97. The number of hydrogen-bond donors (Lipinski definition) is 2. The van der Waals surface area contributed by atoms with Gasteiger partial charge in [0.05, 0.1) is 11.9 Å². The molecule has 0 spiro atoms. The highest BCUT2D eigenvalue weighted by Gasteiger charge is 2.16. The predicted molar refractivity (Wildman–Crippen MR) is 104 cm³/mol. The van der Waals surface area contributed by atoms with Crippen molar-refractivity contribution in [2.45, 2.75) is 0 Å². The first-order chi connectivity index (χ1) is 12.0. The number of hydrazone groups is 1. The molecule has 25 heavy (non-hydrogen) atoms. The van der Waals surface area contributed by atoms with E-state index in [2.05, 4.69) is 37.6 Å². The molecule has 1 aliphatic rings. The minimum atomic E-state index is -0.694. The minimum absolute atomic E-state index is 0.0444. The Kier molecular flexibility index (Phi) is 5.23. The van der Waals surface area contributed by atoms with Crippen molar-refractivity contribution in [1.82, 2.24) is 19.5 Å². The fourth-order valence-electron chi connectivity index (χ4n) is 2.54. The summed E-state index contributed by atoms with van der Waals surface area (Å²) in [6, 6.07) is 7.01. The third kappa shape index (κ3) is 3.93. The van der Waals surface area contributed by atoms with Gasteiger partial charge in [-0.05, 0) is 53.9 Å². The smallest absolute Gasteiger partial charge is 0.335 e. The van der Waals surface area contributed by atoms with E-state index in [1.165, 1.54) is 6.21 Å². The molecule has 0 radical (unpaired) electrons. The minimum Gasteiger partial charge on any atom is -0.493 e. The number of nitrogens with zero attached hydrogens (tertiary/aromatic N) is 4. The SMILES string of the molecule is CN1CCN(N=Cc2c(O)n(-c3ccc(I)cc3)c(=O)[nH]c2=O)CC1. The number of nitrogens with one attached hydrogen (secondary N) is 1. The van der Waals surface area contributed by atoms with Gasteiger partial charge in [-0.15, -0.1) is 0 Å². The number of hydrogen-bond acceptors (Lipinski definition) is 6. The van der Waals surface area contributed by atoms with Crippen LogP contribution in [0.5, 0.6) is 5.88 Å². The Morgan fingerprint density at radius 3 is 2.44 bits per heavy atom. The van der Waals surface area contributed by atoms with E-state index in [0.717, 1.165) is 34.3 Å². The second kappa shape index (κ2) is 7.40. The van der Waals surface area contributed by atoms with Gasteiger partial charge in [-0.3, -0.25) is 14.8 Å². The van der Waals surface area contributed by atoms with E-state index in [1.54, 1.807) is 12.1 Å². The molecule has 1 aromatic heterocycles. The fourth-order valence-corrected chi connectivity index (χ4v) is 2.89. The van der Waals surface area contributed by atoms with Crippen molar-refractivity contribution in [3.8, 4) is 11.6 Å². The van der Waals surface area contributed by atoms with Crippen LogP contribution in [0.2, 0.25) is 0 Å². The summed E-state index contributed by atoms with van der Waals surface area (Å²) in [5.41, 5.74) is -0.937. The van der Waals surface area contributed by atoms with Crippen molar-refractivity contribution >= 4 is 28.8 Å². The summed E-state index contributed by atoms with van der Waals surface area (Å²) in [6.45, 7) is 3.23. The van der Waals surface area contributed by atoms with E-state index < -0.39 is 17.1 Å². The number of aromatic amines is 1. The van der Waals surface area contributed by atoms with Crippen LogP contribution in [0.3, 0.4) is 0 Å². The maximum absolute atomic E-state index is 12.1. The van der Waals surface area contributed by atoms with Gasteiger partial charge in [0.1, 0.15) is 5.56 Å². The van der Waals surface area contributed by atoms with Crippen LogP contribution in [0, 0.1) is 3.57 Å². The van der Waals surface area contributed by atoms with Crippen LogP contribution < -0.4 is 11.2 Å². The number of aromatic hydroxyl groups is 1. The number of halogens is 1. The molecule has 1 aromatic carbocycles. The normalized spacial score (nSPS) is 15.8. The first-order valence-electron chi connectivity index (χ1n) is 7.77. The molecule has 1 aliphatic heterocycles. The standard InChI is InChI=1S/C16H18IN5O3/c1-20-6-8-21(9-7-20)18-10-13-14(23)19-16(25)22(15(13)24)12-4-2-11(17)3-5-12/h2-5,10,24H,6-9H2,1H3,(H,19,23,25). The van der Waals surface area contributed by atoms with Gasteiger partial charge in [-0.1, -0.05) is 0 Å². The molecular weight excluding hydrogens is 437 g/mol. The summed E-state index contributed by atoms with van der Waals surface area (Å²) in [5.74, 6) is -0.423. The first kappa shape index (κ1) is 17.7. The van der Waals surface area contributed by atoms with E-state index in [0.29, 0.717) is 5.69 Å². The molecule has 0 saturated carbocycles. The zero-order valence-electron chi connectivity index (χ0n) is 13.6. The van der Waals surface area contributed by atoms with Crippen molar-refractivity contribution in [2.24, 2.45) is 5.10 Å². The Labute approximate surface area is 157 Å². The average molecular weight is 455 g/mol. The molecule has 0 bridgehead atoms. The van der Waals surface area contributed by atoms with Crippen molar-refractivity contribution in [2.75, 3.05) is 33.2 Å². The molecule has 2 N–H and O–H groups in total. The van der Waals surface area contributed by atoms with Crippen LogP contribution in [0.1, 0.15) is 5.56 Å². The number of likely N-dealkylation sites (N-methyl/N-ethyl adjacent to an activating group) is 1. The van der Waals surface area contributed by atoms with E-state index in [1.807, 2.05) is 24.2 Å². The van der Waals surface area contributed by atoms with Crippen LogP contribution in [0.25, 0.3) is 5.69 Å². The van der Waals surface area contributed by atoms with Gasteiger partial charge in [0.2, 0.25) is 5.88 Å². The molecule has 0 amide bonds. The van der Waals surface area contributed by atoms with Gasteiger partial charge in [0.15, 0.2) is 0 Å². The van der Waals surface area contributed by atoms with Gasteiger partial charge in [-0.2, -0.15) is 5.10 Å². The van der Waals surface area contributed by atoms with E-state index >= 15 is 0 Å². The van der Waals surface area contributed by atoms with Crippen molar-refractivity contribution in [3.63, 3.8) is 0 Å². The highest BCUT2D eigenvalue weighted by molar-refractivity contribution is 14.1. The third-order valence-corrected chi connectivity index (χ3v) is 4.75. The largest absolute Gasteiger partial charge is 0.493 e. The summed E-state index contributed by atoms with van der Waals surface area (Å²) in [7, 11) is 2.04. The van der Waals surface area contributed by atoms with Crippen molar-refractivity contribution in [1.29, 1.82) is 0 Å². The van der Waals surface area contributed by atoms with E-state index in [-0.39, 0.29) is 5.56 Å². The maximum Gasteiger partial charge on any atom is 0.335 e. The third-order valence-electron chi connectivity index (χ3n) is 4.04. The van der Waals surface area contributed by atoms with Crippen LogP contribution in [-0.2, 0) is 0 Å². The van der Waals surface area contributed by atoms with Crippen LogP contribution >= 0.6 is 22.6 Å². The van der Waals surface area contributed by atoms with Gasteiger partial charge in [-0.25, -0.2) is 9.36 Å². The lowest BCUT2D eigenvalue weighted by atomic mass is 10.3. The molecule has 132 valence electrons. The lowest BCUT2D eigenvalue weighted by molar-refractivity contribution is 0.159. The zero-order valence-corrected chi connectivity index (χ0v) is 15.8. The molecule has 2 heterocycles. The second-order valence-corrected chi connectivity index (χ2v) is 7.06. The summed E-state index contributed by atoms with van der Waals surface area (Å²) >= 11 is 2.15. The second-order valence-electron chi connectivity index (χ2n) is 5.81. The fraction of sp³-hybridized carbons (Fsp3) is 0.312. The number of benzene rings is 1. The van der Waals surface area contributed by atoms with Crippen LogP contribution in [0.15, 0.2) is 39.0 Å². The molecular formula is C16H18IN5O3. The van der Waals surface area contributed by atoms with Gasteiger partial charge in [0, 0.05) is 29.7 Å². The summed E-state index contributed by atoms with van der Waals surface area (Å²) < 4.78 is 2.05. The van der Waals surface area contributed by atoms with Crippen LogP contribution in [0.4, 0.5) is 0 Å². The monoisotopic (exact) mass is 455 g/mol. The molecule has 0 atom stereocenters. The Morgan fingerprint density at radius 2 is 1.80 bits per heavy atom. The van der Waals surface area contributed by atoms with Crippen LogP contribution in [-0.4, -0.2) is 64.0 Å². The summed E-state index contributed by atoms with van der Waals surface area (Å²) in [5, 5.41) is 16.6. The number of piperazine rings is 1. The predicted octanol–water partition coefficient (Wildman–Crippen LogP) is 0.417. The summed E-state index contributed by atoms with van der Waals surface area (Å²) in [4.78, 5) is 28.6. The van der Waals surface area contributed by atoms with Gasteiger partial charge < -0.3 is 10.0 Å². The molecule has 1 fully saturated rings. The number of rotatable bonds is 3. The highest BCUT2D eigenvalue weighted by Crippen LogP contribution is 2.16. The Bertz CT molecular complexity index is 895. The molecule has 1 saturated heterocycles. The van der Waals surface area contributed by atoms with E-state index in [4.69, 9.17) is 0 Å². The van der Waals surface area contributed by atoms with Crippen molar-refractivity contribution < 1.29 is 5.11 Å². The van der Waals surface area contributed by atoms with Crippen molar-refractivity contribution in [3.05, 3.63) is 54.2 Å². The van der Waals surface area contributed by atoms with E-state index in [9.17, 15) is 14.7 Å². The quantitative estimate of drug-likeness (QED) is 0.517. The molecule has 8 nitrogen and oxygen atoms in total. The average Bonchev–Trinajstić information content (AvgIpc) is 2.57.